The summed E-state index contributed by atoms with van der Waals surface area (Å²) in [5, 5.41) is -0.257. The summed E-state index contributed by atoms with van der Waals surface area (Å²) in [6.07, 6.45) is 0. The van der Waals surface area contributed by atoms with E-state index in [9.17, 15) is 14.4 Å². The van der Waals surface area contributed by atoms with Crippen molar-refractivity contribution in [2.45, 2.75) is 13.8 Å². The van der Waals surface area contributed by atoms with Crippen LogP contribution in [0.3, 0.4) is 0 Å². The second kappa shape index (κ2) is 5.06. The van der Waals surface area contributed by atoms with Gasteiger partial charge in [-0.05, 0) is 6.92 Å². The Morgan fingerprint density at radius 3 is 2.05 bits per heavy atom. The molecule has 0 saturated heterocycles. The molecule has 0 atom stereocenters. The van der Waals surface area contributed by atoms with Crippen LogP contribution in [0.25, 0.3) is 0 Å². The lowest BCUT2D eigenvalue weighted by molar-refractivity contribution is -0.125. The standard InChI is InChI=1S/C15H12ClNO3/c1-8(2)17(9(3)18)13-12(16)14(19)10-6-4-5-7-11(10)15(13)20/h4-7H,1H2,2-3H3. The number of allylic oxidation sites excluding steroid dienone is 3. The number of Topliss-reactive ketones (excluding diaryl/α,β-unsaturated/α-hetero) is 2. The van der Waals surface area contributed by atoms with E-state index in [1.807, 2.05) is 0 Å². The fraction of sp³-hybridized carbons (Fsp3) is 0.133. The molecule has 1 amide bonds. The van der Waals surface area contributed by atoms with Gasteiger partial charge < -0.3 is 0 Å². The molecule has 0 bridgehead atoms. The lowest BCUT2D eigenvalue weighted by Crippen LogP contribution is -2.34. The van der Waals surface area contributed by atoms with E-state index in [0.717, 1.165) is 4.90 Å². The molecule has 0 fully saturated rings. The highest BCUT2D eigenvalue weighted by Gasteiger charge is 2.35. The molecule has 1 aliphatic carbocycles. The quantitative estimate of drug-likeness (QED) is 0.841. The van der Waals surface area contributed by atoms with Gasteiger partial charge in [0, 0.05) is 23.7 Å². The first-order valence-electron chi connectivity index (χ1n) is 5.90. The molecule has 0 saturated carbocycles. The number of nitrogens with zero attached hydrogens (tertiary/aromatic N) is 1. The number of halogens is 1. The molecule has 0 radical (unpaired) electrons. The maximum atomic E-state index is 12.5. The molecule has 0 N–H and O–H groups in total. The van der Waals surface area contributed by atoms with Crippen molar-refractivity contribution >= 4 is 29.1 Å². The summed E-state index contributed by atoms with van der Waals surface area (Å²) in [4.78, 5) is 37.5. The van der Waals surface area contributed by atoms with E-state index in [0.29, 0.717) is 5.70 Å². The van der Waals surface area contributed by atoms with Gasteiger partial charge in [-0.2, -0.15) is 0 Å². The van der Waals surface area contributed by atoms with E-state index in [2.05, 4.69) is 6.58 Å². The van der Waals surface area contributed by atoms with Gasteiger partial charge in [0.2, 0.25) is 17.5 Å². The zero-order valence-corrected chi connectivity index (χ0v) is 11.8. The van der Waals surface area contributed by atoms with Crippen molar-refractivity contribution in [3.05, 3.63) is 58.4 Å². The van der Waals surface area contributed by atoms with Crippen LogP contribution in [0.4, 0.5) is 0 Å². The minimum absolute atomic E-state index is 0.129. The van der Waals surface area contributed by atoms with E-state index in [-0.39, 0.29) is 21.9 Å². The Morgan fingerprint density at radius 1 is 1.10 bits per heavy atom. The first kappa shape index (κ1) is 14.2. The maximum Gasteiger partial charge on any atom is 0.228 e. The van der Waals surface area contributed by atoms with Crippen LogP contribution in [0.2, 0.25) is 0 Å². The maximum absolute atomic E-state index is 12.5. The van der Waals surface area contributed by atoms with Gasteiger partial charge in [-0.25, -0.2) is 0 Å². The zero-order chi connectivity index (χ0) is 15.0. The number of rotatable bonds is 2. The Morgan fingerprint density at radius 2 is 1.60 bits per heavy atom. The normalized spacial score (nSPS) is 14.2. The van der Waals surface area contributed by atoms with Crippen molar-refractivity contribution in [2.24, 2.45) is 0 Å². The average Bonchev–Trinajstić information content (AvgIpc) is 2.40. The van der Waals surface area contributed by atoms with Crippen LogP contribution in [-0.2, 0) is 4.79 Å². The molecular weight excluding hydrogens is 278 g/mol. The zero-order valence-electron chi connectivity index (χ0n) is 11.1. The third kappa shape index (κ3) is 2.08. The van der Waals surface area contributed by atoms with Crippen LogP contribution in [0.15, 0.2) is 47.3 Å². The van der Waals surface area contributed by atoms with Gasteiger partial charge in [-0.3, -0.25) is 19.3 Å². The smallest absolute Gasteiger partial charge is 0.228 e. The highest BCUT2D eigenvalue weighted by atomic mass is 35.5. The lowest BCUT2D eigenvalue weighted by atomic mass is 9.91. The second-order valence-electron chi connectivity index (χ2n) is 4.46. The van der Waals surface area contributed by atoms with E-state index >= 15 is 0 Å². The lowest BCUT2D eigenvalue weighted by Gasteiger charge is -2.27. The molecule has 4 nitrogen and oxygen atoms in total. The Hall–Kier alpha value is -2.20. The number of hydrogen-bond donors (Lipinski definition) is 0. The predicted molar refractivity (Wildman–Crippen MR) is 75.3 cm³/mol. The summed E-state index contributed by atoms with van der Waals surface area (Å²) in [6.45, 7) is 6.50. The van der Waals surface area contributed by atoms with Crippen molar-refractivity contribution in [3.8, 4) is 0 Å². The Kier molecular flexibility index (Phi) is 3.59. The topological polar surface area (TPSA) is 54.5 Å². The second-order valence-corrected chi connectivity index (χ2v) is 4.83. The summed E-state index contributed by atoms with van der Waals surface area (Å²) < 4.78 is 0. The fourth-order valence-corrected chi connectivity index (χ4v) is 2.42. The summed E-state index contributed by atoms with van der Waals surface area (Å²) in [7, 11) is 0. The van der Waals surface area contributed by atoms with Crippen molar-refractivity contribution in [3.63, 3.8) is 0 Å². The molecule has 0 aliphatic heterocycles. The van der Waals surface area contributed by atoms with Gasteiger partial charge in [0.25, 0.3) is 0 Å². The van der Waals surface area contributed by atoms with Gasteiger partial charge in [0.1, 0.15) is 10.7 Å². The molecule has 5 heteroatoms. The van der Waals surface area contributed by atoms with Crippen LogP contribution in [-0.4, -0.2) is 22.4 Å². The number of carbonyl (C=O) groups is 3. The van der Waals surface area contributed by atoms with Gasteiger partial charge in [-0.1, -0.05) is 42.4 Å². The summed E-state index contributed by atoms with van der Waals surface area (Å²) in [5.74, 6) is -1.35. The first-order chi connectivity index (χ1) is 9.36. The van der Waals surface area contributed by atoms with Crippen molar-refractivity contribution in [1.82, 2.24) is 4.90 Å². The molecule has 0 spiro atoms. The minimum atomic E-state index is -0.468. The molecule has 1 aromatic rings. The van der Waals surface area contributed by atoms with Crippen molar-refractivity contribution in [2.75, 3.05) is 0 Å². The summed E-state index contributed by atoms with van der Waals surface area (Å²) in [5.41, 5.74) is 0.683. The van der Waals surface area contributed by atoms with Crippen molar-refractivity contribution < 1.29 is 14.4 Å². The van der Waals surface area contributed by atoms with Crippen molar-refractivity contribution in [1.29, 1.82) is 0 Å². The molecule has 0 heterocycles. The number of amides is 1. The summed E-state index contributed by atoms with van der Waals surface area (Å²) >= 11 is 6.01. The number of ketones is 2. The number of carbonyl (C=O) groups excluding carboxylic acids is 3. The Bertz CT molecular complexity index is 674. The fourth-order valence-electron chi connectivity index (χ4n) is 2.15. The monoisotopic (exact) mass is 289 g/mol. The first-order valence-corrected chi connectivity index (χ1v) is 6.28. The highest BCUT2D eigenvalue weighted by Crippen LogP contribution is 2.31. The van der Waals surface area contributed by atoms with Crippen LogP contribution in [0.5, 0.6) is 0 Å². The van der Waals surface area contributed by atoms with Crippen LogP contribution < -0.4 is 0 Å². The molecule has 20 heavy (non-hydrogen) atoms. The molecular formula is C15H12ClNO3. The van der Waals surface area contributed by atoms with E-state index in [4.69, 9.17) is 11.6 Å². The summed E-state index contributed by atoms with van der Waals surface area (Å²) in [6, 6.07) is 6.38. The number of benzene rings is 1. The number of fused-ring (bicyclic) bond motifs is 1. The van der Waals surface area contributed by atoms with Crippen LogP contribution in [0, 0.1) is 0 Å². The van der Waals surface area contributed by atoms with Gasteiger partial charge in [0.15, 0.2) is 0 Å². The third-order valence-corrected chi connectivity index (χ3v) is 3.31. The largest absolute Gasteiger partial charge is 0.287 e. The molecule has 0 unspecified atom stereocenters. The molecule has 2 rings (SSSR count). The van der Waals surface area contributed by atoms with Crippen LogP contribution >= 0.6 is 11.6 Å². The van der Waals surface area contributed by atoms with Crippen LogP contribution in [0.1, 0.15) is 34.6 Å². The number of hydrogen-bond acceptors (Lipinski definition) is 3. The molecule has 102 valence electrons. The van der Waals surface area contributed by atoms with Gasteiger partial charge >= 0.3 is 0 Å². The average molecular weight is 290 g/mol. The minimum Gasteiger partial charge on any atom is -0.287 e. The van der Waals surface area contributed by atoms with E-state index in [1.165, 1.54) is 19.1 Å². The molecule has 1 aromatic carbocycles. The van der Waals surface area contributed by atoms with E-state index < -0.39 is 17.5 Å². The van der Waals surface area contributed by atoms with Gasteiger partial charge in [0.05, 0.1) is 0 Å². The van der Waals surface area contributed by atoms with Gasteiger partial charge in [-0.15, -0.1) is 0 Å². The predicted octanol–water partition coefficient (Wildman–Crippen LogP) is 2.90. The molecule has 1 aliphatic rings. The Labute approximate surface area is 121 Å². The van der Waals surface area contributed by atoms with E-state index in [1.54, 1.807) is 19.1 Å². The SMILES string of the molecule is C=C(C)N(C(C)=O)C1=C(Cl)C(=O)c2ccccc2C1=O. The molecule has 0 aromatic heterocycles. The Balaban J connectivity index is 2.68. The third-order valence-electron chi connectivity index (χ3n) is 2.96. The highest BCUT2D eigenvalue weighted by molar-refractivity contribution is 6.50.